The molecule has 1 N–H and O–H groups in total. The van der Waals surface area contributed by atoms with E-state index in [1.54, 1.807) is 43.0 Å². The molecule has 0 spiro atoms. The Kier molecular flexibility index (Phi) is 7.06. The molecule has 2 aromatic carbocycles. The highest BCUT2D eigenvalue weighted by Gasteiger charge is 2.39. The molecule has 2 unspecified atom stereocenters. The molecule has 0 aliphatic carbocycles. The van der Waals surface area contributed by atoms with Crippen molar-refractivity contribution in [2.75, 3.05) is 19.1 Å². The lowest BCUT2D eigenvalue weighted by Crippen LogP contribution is -2.47. The van der Waals surface area contributed by atoms with Crippen molar-refractivity contribution in [1.82, 2.24) is 5.32 Å². The van der Waals surface area contributed by atoms with E-state index in [0.717, 1.165) is 11.2 Å². The number of benzene rings is 2. The predicted molar refractivity (Wildman–Crippen MR) is 123 cm³/mol. The number of amides is 1. The molecule has 0 radical (unpaired) electrons. The van der Waals surface area contributed by atoms with E-state index in [0.29, 0.717) is 23.0 Å². The lowest BCUT2D eigenvalue weighted by molar-refractivity contribution is -0.134. The number of nitrogens with one attached hydrogen (secondary N) is 1. The Hall–Kier alpha value is -1.68. The summed E-state index contributed by atoms with van der Waals surface area (Å²) >= 11 is 8.92. The van der Waals surface area contributed by atoms with Crippen LogP contribution in [0, 0.1) is 0 Å². The summed E-state index contributed by atoms with van der Waals surface area (Å²) in [5, 5.41) is 3.21. The summed E-state index contributed by atoms with van der Waals surface area (Å²) in [5.74, 6) is 0.0782. The minimum atomic E-state index is -3.36. The van der Waals surface area contributed by atoms with E-state index in [1.165, 1.54) is 23.9 Å². The van der Waals surface area contributed by atoms with Gasteiger partial charge in [-0.05, 0) is 49.6 Å². The minimum Gasteiger partial charge on any atom is -0.473 e. The van der Waals surface area contributed by atoms with Crippen LogP contribution in [0.15, 0.2) is 63.3 Å². The largest absolute Gasteiger partial charge is 0.473 e. The number of rotatable bonds is 6. The molecule has 1 aliphatic heterocycles. The maximum absolute atomic E-state index is 13.2. The first-order chi connectivity index (χ1) is 14.1. The van der Waals surface area contributed by atoms with Gasteiger partial charge in [0.15, 0.2) is 15.0 Å². The molecular formula is C20H21ClN2O4S3. The summed E-state index contributed by atoms with van der Waals surface area (Å²) in [7, 11) is -3.36. The van der Waals surface area contributed by atoms with Crippen LogP contribution in [0.3, 0.4) is 0 Å². The van der Waals surface area contributed by atoms with E-state index < -0.39 is 21.3 Å². The number of halogens is 1. The van der Waals surface area contributed by atoms with Gasteiger partial charge in [-0.3, -0.25) is 9.79 Å². The van der Waals surface area contributed by atoms with Gasteiger partial charge in [-0.15, -0.1) is 23.4 Å². The van der Waals surface area contributed by atoms with Gasteiger partial charge < -0.3 is 10.1 Å². The SMILES string of the molecule is CSc1ccc(OC(C)(C(=O)NC2=NCC(Cl)S2)c2ccc(S(C)(=O)=O)cc2)cc1. The summed E-state index contributed by atoms with van der Waals surface area (Å²) in [6, 6.07) is 13.5. The van der Waals surface area contributed by atoms with Crippen molar-refractivity contribution in [2.45, 2.75) is 27.0 Å². The Morgan fingerprint density at radius 3 is 2.37 bits per heavy atom. The van der Waals surface area contributed by atoms with Gasteiger partial charge in [0.05, 0.1) is 11.4 Å². The number of alkyl halides is 1. The Labute approximate surface area is 189 Å². The topological polar surface area (TPSA) is 84.8 Å². The quantitative estimate of drug-likeness (QED) is 0.494. The van der Waals surface area contributed by atoms with Gasteiger partial charge in [0, 0.05) is 16.7 Å². The molecule has 160 valence electrons. The zero-order valence-electron chi connectivity index (χ0n) is 16.6. The van der Waals surface area contributed by atoms with Crippen molar-refractivity contribution in [3.63, 3.8) is 0 Å². The van der Waals surface area contributed by atoms with Gasteiger partial charge in [0.1, 0.15) is 10.5 Å². The molecule has 6 nitrogen and oxygen atoms in total. The number of aliphatic imine (C=N–C) groups is 1. The van der Waals surface area contributed by atoms with Crippen molar-refractivity contribution in [1.29, 1.82) is 0 Å². The zero-order valence-corrected chi connectivity index (χ0v) is 19.8. The Morgan fingerprint density at radius 1 is 1.23 bits per heavy atom. The molecule has 0 bridgehead atoms. The van der Waals surface area contributed by atoms with Crippen molar-refractivity contribution in [3.8, 4) is 5.75 Å². The van der Waals surface area contributed by atoms with Gasteiger partial charge in [0.2, 0.25) is 5.60 Å². The second kappa shape index (κ2) is 9.21. The summed E-state index contributed by atoms with van der Waals surface area (Å²) < 4.78 is 29.5. The summed E-state index contributed by atoms with van der Waals surface area (Å²) in [6.07, 6.45) is 3.11. The highest BCUT2D eigenvalue weighted by Crippen LogP contribution is 2.31. The predicted octanol–water partition coefficient (Wildman–Crippen LogP) is 3.89. The molecule has 2 atom stereocenters. The first-order valence-electron chi connectivity index (χ1n) is 8.92. The Bertz CT molecular complexity index is 1060. The van der Waals surface area contributed by atoms with Crippen molar-refractivity contribution < 1.29 is 17.9 Å². The van der Waals surface area contributed by atoms with E-state index in [9.17, 15) is 13.2 Å². The van der Waals surface area contributed by atoms with Crippen LogP contribution in [0.5, 0.6) is 5.75 Å². The number of hydrogen-bond acceptors (Lipinski definition) is 7. The number of amidine groups is 1. The van der Waals surface area contributed by atoms with Crippen LogP contribution in [-0.2, 0) is 20.2 Å². The fraction of sp³-hybridized carbons (Fsp3) is 0.300. The average molecular weight is 485 g/mol. The fourth-order valence-electron chi connectivity index (χ4n) is 2.77. The zero-order chi connectivity index (χ0) is 21.9. The van der Waals surface area contributed by atoms with E-state index in [-0.39, 0.29) is 9.60 Å². The molecule has 0 saturated carbocycles. The molecule has 3 rings (SSSR count). The lowest BCUT2D eigenvalue weighted by atomic mass is 9.94. The van der Waals surface area contributed by atoms with Crippen LogP contribution in [0.25, 0.3) is 0 Å². The summed E-state index contributed by atoms with van der Waals surface area (Å²) in [5.41, 5.74) is -0.919. The Balaban J connectivity index is 1.95. The van der Waals surface area contributed by atoms with Crippen LogP contribution in [-0.4, -0.2) is 43.3 Å². The van der Waals surface area contributed by atoms with Crippen molar-refractivity contribution in [2.24, 2.45) is 4.99 Å². The minimum absolute atomic E-state index is 0.166. The summed E-state index contributed by atoms with van der Waals surface area (Å²) in [4.78, 5) is 18.7. The van der Waals surface area contributed by atoms with Crippen LogP contribution in [0.2, 0.25) is 0 Å². The average Bonchev–Trinajstić information content (AvgIpc) is 3.12. The number of ether oxygens (including phenoxy) is 1. The van der Waals surface area contributed by atoms with Crippen LogP contribution < -0.4 is 10.1 Å². The molecule has 1 amide bonds. The van der Waals surface area contributed by atoms with Gasteiger partial charge in [0.25, 0.3) is 5.91 Å². The molecule has 2 aromatic rings. The first-order valence-corrected chi connectivity index (χ1v) is 13.4. The third-order valence-electron chi connectivity index (χ3n) is 4.49. The number of carbonyl (C=O) groups is 1. The Morgan fingerprint density at radius 2 is 1.87 bits per heavy atom. The molecule has 10 heteroatoms. The van der Waals surface area contributed by atoms with E-state index in [1.807, 2.05) is 18.4 Å². The van der Waals surface area contributed by atoms with E-state index in [2.05, 4.69) is 10.3 Å². The number of carbonyl (C=O) groups excluding carboxylic acids is 1. The normalized spacial score (nSPS) is 18.4. The maximum atomic E-state index is 13.2. The first kappa shape index (κ1) is 23.0. The number of nitrogens with zero attached hydrogens (tertiary/aromatic N) is 1. The number of thioether (sulfide) groups is 2. The highest BCUT2D eigenvalue weighted by atomic mass is 35.5. The number of hydrogen-bond donors (Lipinski definition) is 1. The molecule has 30 heavy (non-hydrogen) atoms. The molecule has 0 aromatic heterocycles. The van der Waals surface area contributed by atoms with E-state index in [4.69, 9.17) is 16.3 Å². The van der Waals surface area contributed by atoms with Crippen molar-refractivity contribution >= 4 is 56.0 Å². The van der Waals surface area contributed by atoms with Crippen LogP contribution in [0.1, 0.15) is 12.5 Å². The van der Waals surface area contributed by atoms with Crippen LogP contribution >= 0.6 is 35.1 Å². The molecule has 0 fully saturated rings. The molecule has 1 heterocycles. The van der Waals surface area contributed by atoms with Crippen LogP contribution in [0.4, 0.5) is 0 Å². The molecule has 0 saturated heterocycles. The molecular weight excluding hydrogens is 464 g/mol. The summed E-state index contributed by atoms with van der Waals surface area (Å²) in [6.45, 7) is 2.05. The third-order valence-corrected chi connectivity index (χ3v) is 7.62. The third kappa shape index (κ3) is 5.32. The second-order valence-electron chi connectivity index (χ2n) is 6.74. The van der Waals surface area contributed by atoms with E-state index >= 15 is 0 Å². The molecule has 1 aliphatic rings. The smallest absolute Gasteiger partial charge is 0.274 e. The second-order valence-corrected chi connectivity index (χ2v) is 11.6. The standard InChI is InChI=1S/C20H21ClN2O4S3/c1-20(18(24)23-19-22-12-17(21)29-19,27-14-6-8-15(28-2)9-7-14)13-4-10-16(11-5-13)30(3,25)26/h4-11,17H,12H2,1-3H3,(H,22,23,24). The van der Waals surface area contributed by atoms with Gasteiger partial charge >= 0.3 is 0 Å². The number of sulfone groups is 1. The maximum Gasteiger partial charge on any atom is 0.274 e. The van der Waals surface area contributed by atoms with Gasteiger partial charge in [-0.1, -0.05) is 23.9 Å². The highest BCUT2D eigenvalue weighted by molar-refractivity contribution is 8.15. The monoisotopic (exact) mass is 484 g/mol. The van der Waals surface area contributed by atoms with Crippen molar-refractivity contribution in [3.05, 3.63) is 54.1 Å². The lowest BCUT2D eigenvalue weighted by Gasteiger charge is -2.30. The fourth-order valence-corrected chi connectivity index (χ4v) is 4.82. The van der Waals surface area contributed by atoms with Gasteiger partial charge in [-0.25, -0.2) is 8.42 Å². The van der Waals surface area contributed by atoms with Gasteiger partial charge in [-0.2, -0.15) is 0 Å².